The number of sulfonamides is 1. The second-order valence-electron chi connectivity index (χ2n) is 9.75. The molecule has 1 atom stereocenters. The Kier molecular flexibility index (Phi) is 9.31. The van der Waals surface area contributed by atoms with Crippen molar-refractivity contribution in [2.24, 2.45) is 0 Å². The fraction of sp³-hybridized carbons (Fsp3) is 0.333. The minimum absolute atomic E-state index is 0.0388. The summed E-state index contributed by atoms with van der Waals surface area (Å²) in [6, 6.07) is 21.1. The van der Waals surface area contributed by atoms with E-state index in [9.17, 15) is 18.0 Å². The van der Waals surface area contributed by atoms with Gasteiger partial charge in [0.1, 0.15) is 25.8 Å². The molecule has 0 spiro atoms. The minimum atomic E-state index is -4.16. The van der Waals surface area contributed by atoms with Crippen molar-refractivity contribution >= 4 is 27.5 Å². The summed E-state index contributed by atoms with van der Waals surface area (Å²) in [5, 5.41) is 2.90. The first-order valence-corrected chi connectivity index (χ1v) is 14.8. The molecule has 4 rings (SSSR count). The molecule has 0 aliphatic carbocycles. The van der Waals surface area contributed by atoms with Gasteiger partial charge in [0.2, 0.25) is 11.8 Å². The van der Waals surface area contributed by atoms with E-state index in [1.54, 1.807) is 36.4 Å². The van der Waals surface area contributed by atoms with Crippen LogP contribution in [0.1, 0.15) is 32.8 Å². The van der Waals surface area contributed by atoms with E-state index in [-0.39, 0.29) is 29.1 Å². The molecule has 40 heavy (non-hydrogen) atoms. The smallest absolute Gasteiger partial charge is 0.264 e. The number of carbonyl (C=O) groups is 2. The molecule has 0 aromatic heterocycles. The molecule has 0 saturated carbocycles. The Morgan fingerprint density at radius 1 is 0.900 bits per heavy atom. The van der Waals surface area contributed by atoms with Gasteiger partial charge in [0.05, 0.1) is 10.6 Å². The van der Waals surface area contributed by atoms with Gasteiger partial charge >= 0.3 is 0 Å². The van der Waals surface area contributed by atoms with E-state index in [0.717, 1.165) is 9.87 Å². The van der Waals surface area contributed by atoms with Crippen molar-refractivity contribution < 1.29 is 27.5 Å². The molecule has 3 aromatic carbocycles. The number of amides is 2. The zero-order valence-electron chi connectivity index (χ0n) is 22.9. The van der Waals surface area contributed by atoms with Gasteiger partial charge in [0.25, 0.3) is 10.0 Å². The number of rotatable bonds is 11. The van der Waals surface area contributed by atoms with Gasteiger partial charge in [-0.2, -0.15) is 0 Å². The summed E-state index contributed by atoms with van der Waals surface area (Å²) in [5.41, 5.74) is 1.07. The van der Waals surface area contributed by atoms with Gasteiger partial charge in [0, 0.05) is 18.7 Å². The topological polar surface area (TPSA) is 105 Å². The van der Waals surface area contributed by atoms with Crippen molar-refractivity contribution in [1.82, 2.24) is 10.2 Å². The third-order valence-electron chi connectivity index (χ3n) is 6.44. The quantitative estimate of drug-likeness (QED) is 0.377. The number of nitrogens with zero attached hydrogens (tertiary/aromatic N) is 2. The van der Waals surface area contributed by atoms with Gasteiger partial charge in [-0.05, 0) is 50.1 Å². The van der Waals surface area contributed by atoms with Crippen molar-refractivity contribution in [3.63, 3.8) is 0 Å². The Labute approximate surface area is 235 Å². The highest BCUT2D eigenvalue weighted by molar-refractivity contribution is 7.92. The zero-order chi connectivity index (χ0) is 28.7. The first kappa shape index (κ1) is 28.9. The van der Waals surface area contributed by atoms with E-state index in [1.807, 2.05) is 51.1 Å². The fourth-order valence-electron chi connectivity index (χ4n) is 4.52. The van der Waals surface area contributed by atoms with Crippen molar-refractivity contribution in [3.05, 3.63) is 84.4 Å². The maximum absolute atomic E-state index is 14.1. The Hall–Kier alpha value is -4.05. The molecule has 10 heteroatoms. The number of hydrogen-bond donors (Lipinski definition) is 1. The fourth-order valence-corrected chi connectivity index (χ4v) is 5.94. The Bertz CT molecular complexity index is 1410. The molecule has 0 bridgehead atoms. The molecule has 2 amide bonds. The van der Waals surface area contributed by atoms with Crippen LogP contribution in [0.25, 0.3) is 0 Å². The predicted molar refractivity (Wildman–Crippen MR) is 153 cm³/mol. The highest BCUT2D eigenvalue weighted by Gasteiger charge is 2.34. The maximum atomic E-state index is 14.1. The van der Waals surface area contributed by atoms with Crippen LogP contribution in [0.3, 0.4) is 0 Å². The number of fused-ring (bicyclic) bond motifs is 1. The summed E-state index contributed by atoms with van der Waals surface area (Å²) in [5.74, 6) is 0.0939. The van der Waals surface area contributed by atoms with E-state index in [1.165, 1.54) is 17.0 Å². The van der Waals surface area contributed by atoms with Gasteiger partial charge in [-0.15, -0.1) is 0 Å². The van der Waals surface area contributed by atoms with Gasteiger partial charge in [-0.25, -0.2) is 8.42 Å². The lowest BCUT2D eigenvalue weighted by Crippen LogP contribution is -2.53. The van der Waals surface area contributed by atoms with Gasteiger partial charge in [0.15, 0.2) is 11.5 Å². The van der Waals surface area contributed by atoms with Crippen molar-refractivity contribution in [2.75, 3.05) is 24.1 Å². The second kappa shape index (κ2) is 12.9. The van der Waals surface area contributed by atoms with Gasteiger partial charge in [-0.3, -0.25) is 13.9 Å². The zero-order valence-corrected chi connectivity index (χ0v) is 23.8. The monoisotopic (exact) mass is 565 g/mol. The molecule has 1 aliphatic rings. The van der Waals surface area contributed by atoms with Crippen LogP contribution in [0.2, 0.25) is 0 Å². The summed E-state index contributed by atoms with van der Waals surface area (Å²) in [6.07, 6.45) is 0.354. The lowest BCUT2D eigenvalue weighted by Gasteiger charge is -2.33. The molecule has 0 fully saturated rings. The highest BCUT2D eigenvalue weighted by atomic mass is 32.2. The molecule has 0 saturated heterocycles. The maximum Gasteiger partial charge on any atom is 0.264 e. The minimum Gasteiger partial charge on any atom is -0.486 e. The molecule has 3 aromatic rings. The summed E-state index contributed by atoms with van der Waals surface area (Å²) in [6.45, 7) is 5.87. The third-order valence-corrected chi connectivity index (χ3v) is 8.22. The van der Waals surface area contributed by atoms with Crippen LogP contribution >= 0.6 is 0 Å². The largest absolute Gasteiger partial charge is 0.486 e. The summed E-state index contributed by atoms with van der Waals surface area (Å²) < 4.78 is 40.2. The molecule has 0 radical (unpaired) electrons. The molecule has 1 N–H and O–H groups in total. The third kappa shape index (κ3) is 6.74. The molecular weight excluding hydrogens is 530 g/mol. The number of ether oxygens (including phenoxy) is 2. The average molecular weight is 566 g/mol. The summed E-state index contributed by atoms with van der Waals surface area (Å²) in [4.78, 5) is 28.8. The SMILES string of the molecule is CC[C@H](C(=O)NC(C)C)N(Cc1ccccc1)C(=O)CN(c1ccc2c(c1)OCCO2)S(=O)(=O)c1ccccc1. The van der Waals surface area contributed by atoms with Crippen LogP contribution < -0.4 is 19.1 Å². The standard InChI is InChI=1S/C30H35N3O6S/c1-4-26(30(35)31-22(2)3)32(20-23-11-7-5-8-12-23)29(34)21-33(40(36,37)25-13-9-6-10-14-25)24-15-16-27-28(19-24)39-18-17-38-27/h5-16,19,22,26H,4,17-18,20-21H2,1-3H3,(H,31,35)/t26-/m1/s1. The van der Waals surface area contributed by atoms with E-state index in [4.69, 9.17) is 9.47 Å². The summed E-state index contributed by atoms with van der Waals surface area (Å²) >= 11 is 0. The Morgan fingerprint density at radius 3 is 2.15 bits per heavy atom. The van der Waals surface area contributed by atoms with Crippen molar-refractivity contribution in [2.45, 2.75) is 50.7 Å². The van der Waals surface area contributed by atoms with Gasteiger partial charge in [-0.1, -0.05) is 55.5 Å². The number of carbonyl (C=O) groups excluding carboxylic acids is 2. The average Bonchev–Trinajstić information content (AvgIpc) is 2.96. The van der Waals surface area contributed by atoms with E-state index in [0.29, 0.717) is 31.1 Å². The molecule has 0 unspecified atom stereocenters. The first-order chi connectivity index (χ1) is 19.2. The molecule has 9 nitrogen and oxygen atoms in total. The van der Waals surface area contributed by atoms with Crippen LogP contribution in [0.4, 0.5) is 5.69 Å². The van der Waals surface area contributed by atoms with Crippen molar-refractivity contribution in [1.29, 1.82) is 0 Å². The van der Waals surface area contributed by atoms with E-state index < -0.39 is 28.5 Å². The molecule has 1 aliphatic heterocycles. The van der Waals surface area contributed by atoms with Crippen molar-refractivity contribution in [3.8, 4) is 11.5 Å². The van der Waals surface area contributed by atoms with Crippen LogP contribution in [-0.4, -0.2) is 57.0 Å². The van der Waals surface area contributed by atoms with Crippen LogP contribution in [0.15, 0.2) is 83.8 Å². The Morgan fingerprint density at radius 2 is 1.52 bits per heavy atom. The molecule has 1 heterocycles. The number of anilines is 1. The number of nitrogens with one attached hydrogen (secondary N) is 1. The summed E-state index contributed by atoms with van der Waals surface area (Å²) in [7, 11) is -4.16. The number of hydrogen-bond acceptors (Lipinski definition) is 6. The van der Waals surface area contributed by atoms with Crippen LogP contribution in [0.5, 0.6) is 11.5 Å². The predicted octanol–water partition coefficient (Wildman–Crippen LogP) is 3.99. The lowest BCUT2D eigenvalue weighted by atomic mass is 10.1. The van der Waals surface area contributed by atoms with E-state index >= 15 is 0 Å². The van der Waals surface area contributed by atoms with E-state index in [2.05, 4.69) is 5.32 Å². The van der Waals surface area contributed by atoms with Crippen LogP contribution in [0, 0.1) is 0 Å². The highest BCUT2D eigenvalue weighted by Crippen LogP contribution is 2.36. The second-order valence-corrected chi connectivity index (χ2v) is 11.6. The lowest BCUT2D eigenvalue weighted by molar-refractivity contribution is -0.140. The molecule has 212 valence electrons. The number of benzene rings is 3. The molecular formula is C30H35N3O6S. The van der Waals surface area contributed by atoms with Crippen LogP contribution in [-0.2, 0) is 26.2 Å². The Balaban J connectivity index is 1.75. The first-order valence-electron chi connectivity index (χ1n) is 13.3. The normalized spacial score (nSPS) is 13.4. The van der Waals surface area contributed by atoms with Gasteiger partial charge < -0.3 is 19.7 Å².